The summed E-state index contributed by atoms with van der Waals surface area (Å²) >= 11 is 0. The first kappa shape index (κ1) is 25.4. The Hall–Kier alpha value is -5.14. The van der Waals surface area contributed by atoms with Gasteiger partial charge < -0.3 is 5.32 Å². The Morgan fingerprint density at radius 3 is 1.95 bits per heavy atom. The standard InChI is InChI=1S/C43H33N/c1-26-18-21-35-37(23-26)43(2,3)38-25-36(34-17-10-22-44-42(34)41(35)38)40-32-15-8-6-13-30(32)39(31-14-7-9-16-33(31)40)29-20-19-27-11-4-5-12-28(27)24-29/h4-21,23-25,44H,22H2,1-3H3. The van der Waals surface area contributed by atoms with Crippen molar-refractivity contribution in [1.82, 2.24) is 0 Å². The molecule has 0 amide bonds. The molecule has 2 aliphatic rings. The number of hydrogen-bond acceptors (Lipinski definition) is 1. The fourth-order valence-corrected chi connectivity index (χ4v) is 7.98. The van der Waals surface area contributed by atoms with Gasteiger partial charge in [-0.05, 0) is 90.3 Å². The van der Waals surface area contributed by atoms with Gasteiger partial charge in [-0.15, -0.1) is 0 Å². The van der Waals surface area contributed by atoms with Crippen molar-refractivity contribution in [3.05, 3.63) is 144 Å². The van der Waals surface area contributed by atoms with Crippen LogP contribution in [0.2, 0.25) is 0 Å². The number of fused-ring (bicyclic) bond motifs is 8. The molecule has 0 fully saturated rings. The number of rotatable bonds is 2. The molecule has 0 atom stereocenters. The molecule has 210 valence electrons. The van der Waals surface area contributed by atoms with Crippen LogP contribution in [-0.2, 0) is 5.41 Å². The van der Waals surface area contributed by atoms with Crippen LogP contribution in [0.3, 0.4) is 0 Å². The lowest BCUT2D eigenvalue weighted by molar-refractivity contribution is 0.660. The monoisotopic (exact) mass is 563 g/mol. The lowest BCUT2D eigenvalue weighted by Crippen LogP contribution is -2.16. The number of aryl methyl sites for hydroxylation is 1. The quantitative estimate of drug-likeness (QED) is 0.206. The highest BCUT2D eigenvalue weighted by Gasteiger charge is 2.39. The molecule has 1 aliphatic heterocycles. The third kappa shape index (κ3) is 3.47. The number of anilines is 1. The van der Waals surface area contributed by atoms with E-state index >= 15 is 0 Å². The van der Waals surface area contributed by atoms with Gasteiger partial charge in [0.05, 0.1) is 5.69 Å². The van der Waals surface area contributed by atoms with Crippen molar-refractivity contribution in [2.24, 2.45) is 0 Å². The Bertz CT molecular complexity index is 2310. The van der Waals surface area contributed by atoms with E-state index in [0.29, 0.717) is 0 Å². The molecule has 0 aromatic heterocycles. The highest BCUT2D eigenvalue weighted by Crippen LogP contribution is 2.56. The zero-order chi connectivity index (χ0) is 29.6. The van der Waals surface area contributed by atoms with Gasteiger partial charge in [-0.25, -0.2) is 0 Å². The predicted octanol–water partition coefficient (Wildman–Crippen LogP) is 11.5. The minimum absolute atomic E-state index is 0.0973. The Balaban J connectivity index is 1.41. The van der Waals surface area contributed by atoms with Crippen LogP contribution < -0.4 is 5.32 Å². The molecule has 7 aromatic rings. The van der Waals surface area contributed by atoms with Crippen LogP contribution >= 0.6 is 0 Å². The Labute approximate surface area is 258 Å². The van der Waals surface area contributed by atoms with Gasteiger partial charge >= 0.3 is 0 Å². The van der Waals surface area contributed by atoms with E-state index in [-0.39, 0.29) is 5.41 Å². The number of benzene rings is 7. The summed E-state index contributed by atoms with van der Waals surface area (Å²) in [5, 5.41) is 11.5. The fourth-order valence-electron chi connectivity index (χ4n) is 7.98. The van der Waals surface area contributed by atoms with Gasteiger partial charge in [0, 0.05) is 23.1 Å². The van der Waals surface area contributed by atoms with Crippen molar-refractivity contribution in [3.8, 4) is 33.4 Å². The molecule has 1 nitrogen and oxygen atoms in total. The second-order valence-corrected chi connectivity index (χ2v) is 13.0. The molecule has 0 saturated heterocycles. The molecule has 1 aliphatic carbocycles. The highest BCUT2D eigenvalue weighted by molar-refractivity contribution is 6.23. The third-order valence-electron chi connectivity index (χ3n) is 10.1. The molecule has 0 spiro atoms. The summed E-state index contributed by atoms with van der Waals surface area (Å²) in [6.07, 6.45) is 4.61. The van der Waals surface area contributed by atoms with Crippen molar-refractivity contribution in [2.45, 2.75) is 26.2 Å². The van der Waals surface area contributed by atoms with Crippen molar-refractivity contribution in [2.75, 3.05) is 11.9 Å². The second kappa shape index (κ2) is 9.18. The Kier molecular flexibility index (Phi) is 5.29. The molecule has 1 N–H and O–H groups in total. The van der Waals surface area contributed by atoms with E-state index in [1.807, 2.05) is 0 Å². The zero-order valence-electron chi connectivity index (χ0n) is 25.3. The van der Waals surface area contributed by atoms with Crippen molar-refractivity contribution < 1.29 is 0 Å². The SMILES string of the molecule is Cc1ccc2c(c1)C(C)(C)c1cc(-c3c4ccccc4c(-c4ccc5ccccc5c4)c4ccccc34)c3c(c1-2)NCC=C3. The molecular formula is C43H33N. The first-order valence-electron chi connectivity index (χ1n) is 15.7. The third-order valence-corrected chi connectivity index (χ3v) is 10.1. The summed E-state index contributed by atoms with van der Waals surface area (Å²) in [6.45, 7) is 7.83. The lowest BCUT2D eigenvalue weighted by atomic mass is 9.78. The smallest absolute Gasteiger partial charge is 0.0505 e. The van der Waals surface area contributed by atoms with Crippen LogP contribution in [0, 0.1) is 6.92 Å². The van der Waals surface area contributed by atoms with E-state index in [2.05, 4.69) is 154 Å². The molecule has 1 heteroatoms. The molecule has 44 heavy (non-hydrogen) atoms. The summed E-state index contributed by atoms with van der Waals surface area (Å²) in [5.41, 5.74) is 14.5. The summed E-state index contributed by atoms with van der Waals surface area (Å²) in [5.74, 6) is 0. The van der Waals surface area contributed by atoms with Gasteiger partial charge in [-0.2, -0.15) is 0 Å². The van der Waals surface area contributed by atoms with E-state index < -0.39 is 0 Å². The maximum absolute atomic E-state index is 3.83. The summed E-state index contributed by atoms with van der Waals surface area (Å²) in [4.78, 5) is 0. The minimum Gasteiger partial charge on any atom is -0.381 e. The van der Waals surface area contributed by atoms with Gasteiger partial charge in [0.25, 0.3) is 0 Å². The van der Waals surface area contributed by atoms with Crippen molar-refractivity contribution >= 4 is 44.1 Å². The van der Waals surface area contributed by atoms with Gasteiger partial charge in [0.1, 0.15) is 0 Å². The average molecular weight is 564 g/mol. The predicted molar refractivity (Wildman–Crippen MR) is 190 cm³/mol. The first-order chi connectivity index (χ1) is 21.5. The molecule has 0 unspecified atom stereocenters. The van der Waals surface area contributed by atoms with E-state index in [9.17, 15) is 0 Å². The maximum atomic E-state index is 3.83. The Morgan fingerprint density at radius 2 is 1.23 bits per heavy atom. The summed E-state index contributed by atoms with van der Waals surface area (Å²) in [7, 11) is 0. The van der Waals surface area contributed by atoms with Gasteiger partial charge in [0.2, 0.25) is 0 Å². The zero-order valence-corrected chi connectivity index (χ0v) is 25.3. The lowest BCUT2D eigenvalue weighted by Gasteiger charge is -2.27. The second-order valence-electron chi connectivity index (χ2n) is 13.0. The summed E-state index contributed by atoms with van der Waals surface area (Å²) in [6, 6.07) is 43.1. The number of nitrogens with one attached hydrogen (secondary N) is 1. The van der Waals surface area contributed by atoms with Crippen LogP contribution in [0.1, 0.15) is 36.1 Å². The molecule has 0 bridgehead atoms. The molecule has 1 heterocycles. The highest BCUT2D eigenvalue weighted by atomic mass is 14.9. The van der Waals surface area contributed by atoms with E-state index in [4.69, 9.17) is 0 Å². The van der Waals surface area contributed by atoms with Crippen LogP contribution in [0.5, 0.6) is 0 Å². The van der Waals surface area contributed by atoms with Gasteiger partial charge in [0.15, 0.2) is 0 Å². The Morgan fingerprint density at radius 1 is 0.568 bits per heavy atom. The van der Waals surface area contributed by atoms with Crippen molar-refractivity contribution in [3.63, 3.8) is 0 Å². The van der Waals surface area contributed by atoms with Crippen LogP contribution in [0.25, 0.3) is 71.8 Å². The van der Waals surface area contributed by atoms with Crippen molar-refractivity contribution in [1.29, 1.82) is 0 Å². The number of hydrogen-bond donors (Lipinski definition) is 1. The van der Waals surface area contributed by atoms with E-state index in [1.165, 1.54) is 93.6 Å². The molecule has 7 aromatic carbocycles. The minimum atomic E-state index is -0.0973. The van der Waals surface area contributed by atoms with E-state index in [0.717, 1.165) is 6.54 Å². The molecular weight excluding hydrogens is 530 g/mol. The maximum Gasteiger partial charge on any atom is 0.0505 e. The van der Waals surface area contributed by atoms with E-state index in [1.54, 1.807) is 0 Å². The van der Waals surface area contributed by atoms with Gasteiger partial charge in [-0.3, -0.25) is 0 Å². The summed E-state index contributed by atoms with van der Waals surface area (Å²) < 4.78 is 0. The molecule has 0 saturated carbocycles. The molecule has 0 radical (unpaired) electrons. The van der Waals surface area contributed by atoms with Crippen LogP contribution in [-0.4, -0.2) is 6.54 Å². The van der Waals surface area contributed by atoms with Gasteiger partial charge in [-0.1, -0.05) is 135 Å². The first-order valence-corrected chi connectivity index (χ1v) is 15.7. The normalized spacial score (nSPS) is 14.4. The molecule has 9 rings (SSSR count). The topological polar surface area (TPSA) is 12.0 Å². The van der Waals surface area contributed by atoms with Crippen LogP contribution in [0.4, 0.5) is 5.69 Å². The average Bonchev–Trinajstić information content (AvgIpc) is 3.28. The largest absolute Gasteiger partial charge is 0.381 e. The fraction of sp³-hybridized carbons (Fsp3) is 0.116. The van der Waals surface area contributed by atoms with Crippen LogP contribution in [0.15, 0.2) is 121 Å².